The quantitative estimate of drug-likeness (QED) is 0.845. The van der Waals surface area contributed by atoms with Gasteiger partial charge in [0.25, 0.3) is 0 Å². The number of furan rings is 1. The van der Waals surface area contributed by atoms with Gasteiger partial charge >= 0.3 is 0 Å². The van der Waals surface area contributed by atoms with Crippen molar-refractivity contribution in [2.75, 3.05) is 26.7 Å². The largest absolute Gasteiger partial charge is 0.468 e. The average molecular weight is 222 g/mol. The Bertz CT molecular complexity index is 313. The summed E-state index contributed by atoms with van der Waals surface area (Å²) in [5.41, 5.74) is 1.28. The number of hydrogen-bond donors (Lipinski definition) is 1. The van der Waals surface area contributed by atoms with E-state index in [0.29, 0.717) is 0 Å². The zero-order valence-electron chi connectivity index (χ0n) is 10.3. The minimum atomic E-state index is 0.860. The van der Waals surface area contributed by atoms with Crippen LogP contribution in [0.2, 0.25) is 0 Å². The summed E-state index contributed by atoms with van der Waals surface area (Å²) < 4.78 is 5.49. The molecule has 1 aliphatic rings. The number of likely N-dealkylation sites (tertiary alicyclic amines) is 1. The Morgan fingerprint density at radius 2 is 2.19 bits per heavy atom. The molecule has 1 aromatic heterocycles. The predicted molar refractivity (Wildman–Crippen MR) is 65.4 cm³/mol. The van der Waals surface area contributed by atoms with Gasteiger partial charge in [0, 0.05) is 0 Å². The van der Waals surface area contributed by atoms with Gasteiger partial charge in [-0.3, -0.25) is 4.90 Å². The highest BCUT2D eigenvalue weighted by atomic mass is 16.3. The van der Waals surface area contributed by atoms with Crippen LogP contribution in [0, 0.1) is 12.8 Å². The molecule has 0 bridgehead atoms. The van der Waals surface area contributed by atoms with Gasteiger partial charge in [0.2, 0.25) is 0 Å². The van der Waals surface area contributed by atoms with Gasteiger partial charge in [0.05, 0.1) is 12.8 Å². The normalized spacial score (nSPS) is 19.1. The van der Waals surface area contributed by atoms with E-state index < -0.39 is 0 Å². The molecule has 0 unspecified atom stereocenters. The fraction of sp³-hybridized carbons (Fsp3) is 0.692. The van der Waals surface area contributed by atoms with Gasteiger partial charge in [-0.2, -0.15) is 0 Å². The second-order valence-electron chi connectivity index (χ2n) is 4.80. The first-order valence-electron chi connectivity index (χ1n) is 6.19. The average Bonchev–Trinajstić information content (AvgIpc) is 2.68. The van der Waals surface area contributed by atoms with Gasteiger partial charge in [0.1, 0.15) is 5.76 Å². The van der Waals surface area contributed by atoms with Crippen LogP contribution in [0.3, 0.4) is 0 Å². The van der Waals surface area contributed by atoms with E-state index in [-0.39, 0.29) is 0 Å². The summed E-state index contributed by atoms with van der Waals surface area (Å²) in [5.74, 6) is 1.99. The fourth-order valence-corrected chi connectivity index (χ4v) is 2.41. The molecule has 1 N–H and O–H groups in total. The smallest absolute Gasteiger partial charge is 0.120 e. The molecule has 3 nitrogen and oxygen atoms in total. The van der Waals surface area contributed by atoms with E-state index in [1.807, 2.05) is 13.1 Å². The zero-order valence-corrected chi connectivity index (χ0v) is 10.3. The molecule has 3 heteroatoms. The molecule has 0 atom stereocenters. The Morgan fingerprint density at radius 1 is 1.44 bits per heavy atom. The van der Waals surface area contributed by atoms with Crippen molar-refractivity contribution < 1.29 is 4.42 Å². The third kappa shape index (κ3) is 2.86. The van der Waals surface area contributed by atoms with Crippen molar-refractivity contribution in [3.63, 3.8) is 0 Å². The van der Waals surface area contributed by atoms with Gasteiger partial charge in [0.15, 0.2) is 0 Å². The molecule has 2 heterocycles. The number of nitrogens with zero attached hydrogens (tertiary/aromatic N) is 1. The standard InChI is InChI=1S/C13H22N2O/c1-11-5-8-16-13(11)10-15-6-3-12(4-7-15)9-14-2/h5,8,12,14H,3-4,6-7,9-10H2,1-2H3. The summed E-state index contributed by atoms with van der Waals surface area (Å²) in [5, 5.41) is 3.27. The monoisotopic (exact) mass is 222 g/mol. The number of nitrogens with one attached hydrogen (secondary N) is 1. The lowest BCUT2D eigenvalue weighted by atomic mass is 9.97. The molecule has 1 aliphatic heterocycles. The molecule has 1 aromatic rings. The maximum Gasteiger partial charge on any atom is 0.120 e. The van der Waals surface area contributed by atoms with Gasteiger partial charge < -0.3 is 9.73 Å². The van der Waals surface area contributed by atoms with E-state index in [9.17, 15) is 0 Å². The van der Waals surface area contributed by atoms with Crippen LogP contribution < -0.4 is 5.32 Å². The Labute approximate surface area is 97.8 Å². The third-order valence-electron chi connectivity index (χ3n) is 3.54. The van der Waals surface area contributed by atoms with E-state index in [2.05, 4.69) is 17.1 Å². The van der Waals surface area contributed by atoms with Crippen LogP contribution in [-0.4, -0.2) is 31.6 Å². The van der Waals surface area contributed by atoms with Crippen molar-refractivity contribution >= 4 is 0 Å². The highest BCUT2D eigenvalue weighted by Gasteiger charge is 2.19. The first kappa shape index (κ1) is 11.7. The summed E-state index contributed by atoms with van der Waals surface area (Å²) in [4.78, 5) is 2.50. The topological polar surface area (TPSA) is 28.4 Å². The Hall–Kier alpha value is -0.800. The van der Waals surface area contributed by atoms with E-state index in [0.717, 1.165) is 24.8 Å². The molecule has 0 spiro atoms. The lowest BCUT2D eigenvalue weighted by molar-refractivity contribution is 0.166. The highest BCUT2D eigenvalue weighted by Crippen LogP contribution is 2.19. The van der Waals surface area contributed by atoms with Crippen LogP contribution in [0.15, 0.2) is 16.7 Å². The second-order valence-corrected chi connectivity index (χ2v) is 4.80. The molecule has 2 rings (SSSR count). The summed E-state index contributed by atoms with van der Waals surface area (Å²) in [6.07, 6.45) is 4.40. The molecule has 0 aromatic carbocycles. The van der Waals surface area contributed by atoms with Crippen LogP contribution in [0.25, 0.3) is 0 Å². The highest BCUT2D eigenvalue weighted by molar-refractivity contribution is 5.14. The number of piperidine rings is 1. The van der Waals surface area contributed by atoms with E-state index >= 15 is 0 Å². The molecular weight excluding hydrogens is 200 g/mol. The van der Waals surface area contributed by atoms with Crippen molar-refractivity contribution in [2.45, 2.75) is 26.3 Å². The Balaban J connectivity index is 1.79. The summed E-state index contributed by atoms with van der Waals surface area (Å²) in [6.45, 7) is 6.66. The number of aryl methyl sites for hydroxylation is 1. The second kappa shape index (κ2) is 5.51. The van der Waals surface area contributed by atoms with Crippen LogP contribution in [0.1, 0.15) is 24.2 Å². The van der Waals surface area contributed by atoms with E-state index in [1.165, 1.54) is 31.5 Å². The molecule has 0 radical (unpaired) electrons. The van der Waals surface area contributed by atoms with Crippen LogP contribution in [-0.2, 0) is 6.54 Å². The number of hydrogen-bond acceptors (Lipinski definition) is 3. The molecule has 1 saturated heterocycles. The van der Waals surface area contributed by atoms with Crippen molar-refractivity contribution in [2.24, 2.45) is 5.92 Å². The van der Waals surface area contributed by atoms with Gasteiger partial charge in [-0.15, -0.1) is 0 Å². The third-order valence-corrected chi connectivity index (χ3v) is 3.54. The maximum absolute atomic E-state index is 5.49. The first-order valence-corrected chi connectivity index (χ1v) is 6.19. The van der Waals surface area contributed by atoms with Crippen molar-refractivity contribution in [3.05, 3.63) is 23.7 Å². The van der Waals surface area contributed by atoms with Gasteiger partial charge in [-0.05, 0) is 64.0 Å². The molecule has 1 fully saturated rings. The van der Waals surface area contributed by atoms with Crippen LogP contribution in [0.4, 0.5) is 0 Å². The molecule has 0 saturated carbocycles. The van der Waals surface area contributed by atoms with E-state index in [1.54, 1.807) is 6.26 Å². The SMILES string of the molecule is CNCC1CCN(Cc2occc2C)CC1. The summed E-state index contributed by atoms with van der Waals surface area (Å²) in [6, 6.07) is 2.04. The van der Waals surface area contributed by atoms with Gasteiger partial charge in [-0.25, -0.2) is 0 Å². The van der Waals surface area contributed by atoms with Crippen molar-refractivity contribution in [1.82, 2.24) is 10.2 Å². The maximum atomic E-state index is 5.49. The lowest BCUT2D eigenvalue weighted by Crippen LogP contribution is -2.36. The first-order chi connectivity index (χ1) is 7.79. The van der Waals surface area contributed by atoms with Crippen molar-refractivity contribution in [3.8, 4) is 0 Å². The summed E-state index contributed by atoms with van der Waals surface area (Å²) >= 11 is 0. The number of rotatable bonds is 4. The molecular formula is C13H22N2O. The summed E-state index contributed by atoms with van der Waals surface area (Å²) in [7, 11) is 2.04. The lowest BCUT2D eigenvalue weighted by Gasteiger charge is -2.31. The van der Waals surface area contributed by atoms with Gasteiger partial charge in [-0.1, -0.05) is 0 Å². The Morgan fingerprint density at radius 3 is 2.75 bits per heavy atom. The fourth-order valence-electron chi connectivity index (χ4n) is 2.41. The molecule has 16 heavy (non-hydrogen) atoms. The minimum absolute atomic E-state index is 0.860. The van der Waals surface area contributed by atoms with Crippen LogP contribution in [0.5, 0.6) is 0 Å². The Kier molecular flexibility index (Phi) is 4.02. The minimum Gasteiger partial charge on any atom is -0.468 e. The predicted octanol–water partition coefficient (Wildman–Crippen LogP) is 2.02. The molecule has 0 aliphatic carbocycles. The zero-order chi connectivity index (χ0) is 11.4. The molecule has 90 valence electrons. The van der Waals surface area contributed by atoms with Crippen molar-refractivity contribution in [1.29, 1.82) is 0 Å². The van der Waals surface area contributed by atoms with E-state index in [4.69, 9.17) is 4.42 Å². The van der Waals surface area contributed by atoms with Crippen LogP contribution >= 0.6 is 0 Å². The molecule has 0 amide bonds.